The number of hydrogen-bond donors (Lipinski definition) is 2. The molecule has 0 aliphatic heterocycles. The third-order valence-electron chi connectivity index (χ3n) is 2.13. The number of imidazole rings is 1. The van der Waals surface area contributed by atoms with Gasteiger partial charge >= 0.3 is 5.69 Å². The van der Waals surface area contributed by atoms with E-state index in [1.807, 2.05) is 13.8 Å². The lowest BCUT2D eigenvalue weighted by Gasteiger charge is -1.98. The first-order valence-electron chi connectivity index (χ1n) is 5.11. The van der Waals surface area contributed by atoms with E-state index in [9.17, 15) is 9.59 Å². The molecule has 0 bridgehead atoms. The number of benzene rings is 1. The van der Waals surface area contributed by atoms with Crippen LogP contribution in [-0.4, -0.2) is 16.0 Å². The molecule has 0 saturated carbocycles. The molecule has 0 fully saturated rings. The summed E-state index contributed by atoms with van der Waals surface area (Å²) in [5.41, 5.74) is 2.02. The van der Waals surface area contributed by atoms with Crippen molar-refractivity contribution < 1.29 is 4.79 Å². The van der Waals surface area contributed by atoms with E-state index in [1.54, 1.807) is 25.2 Å². The minimum atomic E-state index is -0.164. The van der Waals surface area contributed by atoms with Gasteiger partial charge in [0.15, 0.2) is 0 Å². The van der Waals surface area contributed by atoms with Crippen LogP contribution in [0.2, 0.25) is 0 Å². The molecule has 0 atom stereocenters. The van der Waals surface area contributed by atoms with E-state index in [4.69, 9.17) is 0 Å². The average molecular weight is 221 g/mol. The SMILES string of the molecule is CC.Cn1c(=O)[nH]c2cc(NC=O)ccc21. The van der Waals surface area contributed by atoms with E-state index in [0.29, 0.717) is 17.6 Å². The van der Waals surface area contributed by atoms with Crippen molar-refractivity contribution in [2.75, 3.05) is 5.32 Å². The van der Waals surface area contributed by atoms with Crippen LogP contribution in [0.4, 0.5) is 5.69 Å². The monoisotopic (exact) mass is 221 g/mol. The molecule has 5 nitrogen and oxygen atoms in total. The molecule has 1 amide bonds. The maximum absolute atomic E-state index is 11.2. The summed E-state index contributed by atoms with van der Waals surface area (Å²) in [5.74, 6) is 0. The molecule has 16 heavy (non-hydrogen) atoms. The van der Waals surface area contributed by atoms with Crippen LogP contribution in [0.5, 0.6) is 0 Å². The number of anilines is 1. The second-order valence-corrected chi connectivity index (χ2v) is 2.98. The first kappa shape index (κ1) is 12.0. The van der Waals surface area contributed by atoms with Crippen molar-refractivity contribution in [3.8, 4) is 0 Å². The van der Waals surface area contributed by atoms with Crippen LogP contribution in [0.1, 0.15) is 13.8 Å². The van der Waals surface area contributed by atoms with Crippen LogP contribution in [0, 0.1) is 0 Å². The van der Waals surface area contributed by atoms with Crippen molar-refractivity contribution in [2.45, 2.75) is 13.8 Å². The van der Waals surface area contributed by atoms with Crippen molar-refractivity contribution in [3.63, 3.8) is 0 Å². The second-order valence-electron chi connectivity index (χ2n) is 2.98. The largest absolute Gasteiger partial charge is 0.329 e. The Labute approximate surface area is 93.1 Å². The predicted octanol–water partition coefficient (Wildman–Crippen LogP) is 1.46. The van der Waals surface area contributed by atoms with Crippen LogP contribution >= 0.6 is 0 Å². The molecule has 5 heteroatoms. The fourth-order valence-corrected chi connectivity index (χ4v) is 1.39. The van der Waals surface area contributed by atoms with E-state index in [1.165, 1.54) is 4.57 Å². The molecule has 0 unspecified atom stereocenters. The number of H-pyrrole nitrogens is 1. The highest BCUT2D eigenvalue weighted by Gasteiger charge is 2.02. The standard InChI is InChI=1S/C9H9N3O2.C2H6/c1-12-8-3-2-6(10-5-13)4-7(8)11-9(12)14;1-2/h2-5H,1H3,(H,10,13)(H,11,14);1-2H3. The van der Waals surface area contributed by atoms with E-state index < -0.39 is 0 Å². The van der Waals surface area contributed by atoms with Gasteiger partial charge in [0.2, 0.25) is 6.41 Å². The summed E-state index contributed by atoms with van der Waals surface area (Å²) in [6.07, 6.45) is 0.599. The van der Waals surface area contributed by atoms with Gasteiger partial charge in [-0.2, -0.15) is 0 Å². The van der Waals surface area contributed by atoms with Gasteiger partial charge in [0, 0.05) is 12.7 Å². The van der Waals surface area contributed by atoms with E-state index in [0.717, 1.165) is 5.52 Å². The summed E-state index contributed by atoms with van der Waals surface area (Å²) >= 11 is 0. The quantitative estimate of drug-likeness (QED) is 0.754. The number of hydrogen-bond acceptors (Lipinski definition) is 2. The molecule has 0 spiro atoms. The van der Waals surface area contributed by atoms with Gasteiger partial charge in [0.1, 0.15) is 0 Å². The van der Waals surface area contributed by atoms with Crippen molar-refractivity contribution in [3.05, 3.63) is 28.7 Å². The average Bonchev–Trinajstić information content (AvgIpc) is 2.58. The Morgan fingerprint density at radius 2 is 2.06 bits per heavy atom. The van der Waals surface area contributed by atoms with E-state index in [-0.39, 0.29) is 5.69 Å². The number of rotatable bonds is 2. The summed E-state index contributed by atoms with van der Waals surface area (Å²) in [6.45, 7) is 4.00. The molecule has 0 saturated heterocycles. The Morgan fingerprint density at radius 1 is 1.38 bits per heavy atom. The van der Waals surface area contributed by atoms with Gasteiger partial charge in [-0.15, -0.1) is 0 Å². The number of aromatic nitrogens is 2. The number of fused-ring (bicyclic) bond motifs is 1. The van der Waals surface area contributed by atoms with Crippen molar-refractivity contribution >= 4 is 23.1 Å². The lowest BCUT2D eigenvalue weighted by Crippen LogP contribution is -2.11. The molecule has 0 aliphatic rings. The molecule has 0 aliphatic carbocycles. The highest BCUT2D eigenvalue weighted by atomic mass is 16.1. The molecular weight excluding hydrogens is 206 g/mol. The number of carbonyl (C=O) groups is 1. The maximum atomic E-state index is 11.2. The number of nitrogens with one attached hydrogen (secondary N) is 2. The molecule has 86 valence electrons. The number of aryl methyl sites for hydroxylation is 1. The highest BCUT2D eigenvalue weighted by molar-refractivity contribution is 5.83. The minimum Gasteiger partial charge on any atom is -0.329 e. The molecule has 1 aromatic carbocycles. The van der Waals surface area contributed by atoms with Gasteiger partial charge in [-0.05, 0) is 18.2 Å². The third-order valence-corrected chi connectivity index (χ3v) is 2.13. The number of nitrogens with zero attached hydrogens (tertiary/aromatic N) is 1. The minimum absolute atomic E-state index is 0.164. The summed E-state index contributed by atoms with van der Waals surface area (Å²) < 4.78 is 1.51. The van der Waals surface area contributed by atoms with Gasteiger partial charge in [-0.1, -0.05) is 13.8 Å². The van der Waals surface area contributed by atoms with Crippen LogP contribution in [0.25, 0.3) is 11.0 Å². The van der Waals surface area contributed by atoms with Gasteiger partial charge in [-0.25, -0.2) is 4.79 Å². The predicted molar refractivity (Wildman–Crippen MR) is 64.6 cm³/mol. The molecule has 1 aromatic heterocycles. The normalized spacial score (nSPS) is 9.44. The first-order chi connectivity index (χ1) is 7.72. The zero-order chi connectivity index (χ0) is 12.1. The van der Waals surface area contributed by atoms with Crippen molar-refractivity contribution in [1.82, 2.24) is 9.55 Å². The Kier molecular flexibility index (Phi) is 3.88. The number of carbonyl (C=O) groups excluding carboxylic acids is 1. The Balaban J connectivity index is 0.000000606. The Hall–Kier alpha value is -2.04. The molecule has 2 aromatic rings. The van der Waals surface area contributed by atoms with Crippen molar-refractivity contribution in [1.29, 1.82) is 0 Å². The lowest BCUT2D eigenvalue weighted by atomic mass is 10.3. The summed E-state index contributed by atoms with van der Waals surface area (Å²) in [4.78, 5) is 24.1. The highest BCUT2D eigenvalue weighted by Crippen LogP contribution is 2.14. The van der Waals surface area contributed by atoms with Crippen LogP contribution in [0.3, 0.4) is 0 Å². The van der Waals surface area contributed by atoms with Gasteiger partial charge in [-0.3, -0.25) is 9.36 Å². The van der Waals surface area contributed by atoms with E-state index in [2.05, 4.69) is 10.3 Å². The zero-order valence-electron chi connectivity index (χ0n) is 9.57. The molecule has 0 radical (unpaired) electrons. The fourth-order valence-electron chi connectivity index (χ4n) is 1.39. The Morgan fingerprint density at radius 3 is 2.69 bits per heavy atom. The van der Waals surface area contributed by atoms with Gasteiger partial charge < -0.3 is 10.3 Å². The summed E-state index contributed by atoms with van der Waals surface area (Å²) in [5, 5.41) is 2.52. The number of amides is 1. The second kappa shape index (κ2) is 5.16. The third kappa shape index (κ3) is 2.13. The maximum Gasteiger partial charge on any atom is 0.326 e. The van der Waals surface area contributed by atoms with Crippen LogP contribution < -0.4 is 11.0 Å². The van der Waals surface area contributed by atoms with Gasteiger partial charge in [0.05, 0.1) is 11.0 Å². The Bertz CT molecular complexity index is 540. The van der Waals surface area contributed by atoms with E-state index >= 15 is 0 Å². The molecule has 2 N–H and O–H groups in total. The van der Waals surface area contributed by atoms with Crippen LogP contribution in [-0.2, 0) is 11.8 Å². The number of aromatic amines is 1. The summed E-state index contributed by atoms with van der Waals surface area (Å²) in [7, 11) is 1.69. The summed E-state index contributed by atoms with van der Waals surface area (Å²) in [6, 6.07) is 5.23. The first-order valence-corrected chi connectivity index (χ1v) is 5.11. The molecule has 2 rings (SSSR count). The smallest absolute Gasteiger partial charge is 0.326 e. The lowest BCUT2D eigenvalue weighted by molar-refractivity contribution is -0.105. The van der Waals surface area contributed by atoms with Crippen molar-refractivity contribution in [2.24, 2.45) is 7.05 Å². The fraction of sp³-hybridized carbons (Fsp3) is 0.273. The van der Waals surface area contributed by atoms with Crippen LogP contribution in [0.15, 0.2) is 23.0 Å². The van der Waals surface area contributed by atoms with Gasteiger partial charge in [0.25, 0.3) is 0 Å². The molecular formula is C11H15N3O2. The molecule has 1 heterocycles. The topological polar surface area (TPSA) is 66.9 Å². The zero-order valence-corrected chi connectivity index (χ0v) is 9.57.